The molecule has 2 heterocycles. The molecule has 1 N–H and O–H groups in total. The largest absolute Gasteiger partial charge is 0.441 e. The van der Waals surface area contributed by atoms with Gasteiger partial charge in [0.15, 0.2) is 11.5 Å². The second kappa shape index (κ2) is 6.68. The number of benzene rings is 2. The molecule has 2 aromatic carbocycles. The number of oxazole rings is 1. The summed E-state index contributed by atoms with van der Waals surface area (Å²) in [6.45, 7) is 2.00. The number of nitrogens with one attached hydrogen (secondary N) is 1. The van der Waals surface area contributed by atoms with Crippen LogP contribution in [0.3, 0.4) is 0 Å². The van der Waals surface area contributed by atoms with Gasteiger partial charge in [-0.2, -0.15) is 0 Å². The van der Waals surface area contributed by atoms with Crippen LogP contribution in [-0.2, 0) is 16.1 Å². The molecule has 3 amide bonds. The lowest BCUT2D eigenvalue weighted by molar-refractivity contribution is -0.139. The Labute approximate surface area is 155 Å². The van der Waals surface area contributed by atoms with E-state index < -0.39 is 0 Å². The molecule has 0 aliphatic carbocycles. The van der Waals surface area contributed by atoms with E-state index in [9.17, 15) is 14.4 Å². The van der Waals surface area contributed by atoms with Crippen molar-refractivity contribution in [2.45, 2.75) is 26.3 Å². The molecular weight excluding hydrogens is 346 g/mol. The van der Waals surface area contributed by atoms with Gasteiger partial charge in [0.25, 0.3) is 5.91 Å². The molecule has 1 aliphatic heterocycles. The molecule has 1 fully saturated rings. The Kier molecular flexibility index (Phi) is 4.19. The summed E-state index contributed by atoms with van der Waals surface area (Å²) < 4.78 is 5.42. The smallest absolute Gasteiger partial charge is 0.255 e. The average molecular weight is 363 g/mol. The molecule has 7 heteroatoms. The van der Waals surface area contributed by atoms with Crippen LogP contribution < -0.4 is 5.32 Å². The number of aromatic nitrogens is 1. The van der Waals surface area contributed by atoms with Crippen molar-refractivity contribution >= 4 is 34.5 Å². The lowest BCUT2D eigenvalue weighted by atomic mass is 10.1. The number of imide groups is 1. The van der Waals surface area contributed by atoms with Crippen molar-refractivity contribution in [1.82, 2.24) is 9.88 Å². The molecule has 7 nitrogen and oxygen atoms in total. The molecule has 0 unspecified atom stereocenters. The van der Waals surface area contributed by atoms with Crippen LogP contribution in [-0.4, -0.2) is 27.6 Å². The van der Waals surface area contributed by atoms with Crippen molar-refractivity contribution in [2.24, 2.45) is 0 Å². The lowest BCUT2D eigenvalue weighted by Gasteiger charge is -2.14. The molecule has 4 rings (SSSR count). The number of hydrogen-bond acceptors (Lipinski definition) is 5. The number of carbonyl (C=O) groups is 3. The van der Waals surface area contributed by atoms with E-state index in [-0.39, 0.29) is 37.1 Å². The van der Waals surface area contributed by atoms with E-state index in [1.165, 1.54) is 4.90 Å². The van der Waals surface area contributed by atoms with Gasteiger partial charge >= 0.3 is 0 Å². The Morgan fingerprint density at radius 3 is 2.52 bits per heavy atom. The number of aryl methyl sites for hydroxylation is 1. The summed E-state index contributed by atoms with van der Waals surface area (Å²) in [4.78, 5) is 41.3. The highest BCUT2D eigenvalue weighted by atomic mass is 16.3. The van der Waals surface area contributed by atoms with Crippen LogP contribution in [0, 0.1) is 6.92 Å². The van der Waals surface area contributed by atoms with Gasteiger partial charge in [0, 0.05) is 31.0 Å². The fourth-order valence-corrected chi connectivity index (χ4v) is 3.07. The lowest BCUT2D eigenvalue weighted by Crippen LogP contribution is -2.28. The summed E-state index contributed by atoms with van der Waals surface area (Å²) >= 11 is 0. The van der Waals surface area contributed by atoms with Crippen LogP contribution >= 0.6 is 0 Å². The molecule has 3 aromatic rings. The molecule has 0 atom stereocenters. The number of hydrogen-bond donors (Lipinski definition) is 1. The molecule has 0 bridgehead atoms. The summed E-state index contributed by atoms with van der Waals surface area (Å²) in [6, 6.07) is 12.1. The van der Waals surface area contributed by atoms with Crippen LogP contribution in [0.25, 0.3) is 11.1 Å². The van der Waals surface area contributed by atoms with Crippen LogP contribution in [0.5, 0.6) is 0 Å². The molecule has 0 saturated carbocycles. The van der Waals surface area contributed by atoms with E-state index in [1.54, 1.807) is 49.4 Å². The Morgan fingerprint density at radius 2 is 1.81 bits per heavy atom. The second-order valence-electron chi connectivity index (χ2n) is 6.44. The van der Waals surface area contributed by atoms with Gasteiger partial charge in [0.2, 0.25) is 11.8 Å². The third kappa shape index (κ3) is 3.44. The third-order valence-electron chi connectivity index (χ3n) is 4.46. The molecule has 1 saturated heterocycles. The maximum atomic E-state index is 12.4. The molecule has 1 aromatic heterocycles. The molecular formula is C20H17N3O4. The topological polar surface area (TPSA) is 92.5 Å². The van der Waals surface area contributed by atoms with Crippen LogP contribution in [0.2, 0.25) is 0 Å². The number of amides is 3. The van der Waals surface area contributed by atoms with Gasteiger partial charge in [-0.15, -0.1) is 0 Å². The number of anilines is 1. The summed E-state index contributed by atoms with van der Waals surface area (Å²) in [7, 11) is 0. The van der Waals surface area contributed by atoms with Crippen LogP contribution in [0.15, 0.2) is 46.9 Å². The fourth-order valence-electron chi connectivity index (χ4n) is 3.07. The van der Waals surface area contributed by atoms with Gasteiger partial charge in [-0.3, -0.25) is 19.3 Å². The van der Waals surface area contributed by atoms with Gasteiger partial charge in [-0.1, -0.05) is 12.1 Å². The molecule has 0 spiro atoms. The van der Waals surface area contributed by atoms with Crippen LogP contribution in [0.1, 0.15) is 34.7 Å². The standard InChI is InChI=1S/C20H17N3O4/c1-12-21-16-10-15(6-7-17(16)27-12)22-20(26)14-4-2-13(3-5-14)11-23-18(24)8-9-19(23)25/h2-7,10H,8-9,11H2,1H3,(H,22,26). The highest BCUT2D eigenvalue weighted by molar-refractivity contribution is 6.05. The third-order valence-corrected chi connectivity index (χ3v) is 4.46. The van der Waals surface area contributed by atoms with Crippen molar-refractivity contribution in [3.05, 3.63) is 59.5 Å². The zero-order chi connectivity index (χ0) is 19.0. The second-order valence-corrected chi connectivity index (χ2v) is 6.44. The van der Waals surface area contributed by atoms with Gasteiger partial charge < -0.3 is 9.73 Å². The first kappa shape index (κ1) is 17.0. The highest BCUT2D eigenvalue weighted by Gasteiger charge is 2.28. The van der Waals surface area contributed by atoms with E-state index in [0.29, 0.717) is 28.2 Å². The normalized spacial score (nSPS) is 14.2. The van der Waals surface area contributed by atoms with E-state index >= 15 is 0 Å². The van der Waals surface area contributed by atoms with Crippen molar-refractivity contribution in [3.8, 4) is 0 Å². The summed E-state index contributed by atoms with van der Waals surface area (Å²) in [5, 5.41) is 2.83. The zero-order valence-electron chi connectivity index (χ0n) is 14.7. The van der Waals surface area contributed by atoms with Gasteiger partial charge in [-0.05, 0) is 35.9 Å². The van der Waals surface area contributed by atoms with Crippen molar-refractivity contribution in [3.63, 3.8) is 0 Å². The quantitative estimate of drug-likeness (QED) is 0.719. The Bertz CT molecular complexity index is 1040. The minimum Gasteiger partial charge on any atom is -0.441 e. The number of carbonyl (C=O) groups excluding carboxylic acids is 3. The number of fused-ring (bicyclic) bond motifs is 1. The minimum atomic E-state index is -0.255. The summed E-state index contributed by atoms with van der Waals surface area (Å²) in [5.41, 5.74) is 3.25. The Hall–Kier alpha value is -3.48. The summed E-state index contributed by atoms with van der Waals surface area (Å²) in [5.74, 6) is 0.00841. The Balaban J connectivity index is 1.45. The molecule has 1 aliphatic rings. The first-order valence-corrected chi connectivity index (χ1v) is 8.60. The minimum absolute atomic E-state index is 0.152. The average Bonchev–Trinajstić information content (AvgIpc) is 3.17. The van der Waals surface area contributed by atoms with E-state index in [0.717, 1.165) is 5.56 Å². The van der Waals surface area contributed by atoms with Crippen molar-refractivity contribution < 1.29 is 18.8 Å². The predicted octanol–water partition coefficient (Wildman–Crippen LogP) is 3.04. The predicted molar refractivity (Wildman–Crippen MR) is 97.9 cm³/mol. The number of rotatable bonds is 4. The fraction of sp³-hybridized carbons (Fsp3) is 0.200. The first-order valence-electron chi connectivity index (χ1n) is 8.60. The van der Waals surface area contributed by atoms with E-state index in [4.69, 9.17) is 4.42 Å². The zero-order valence-corrected chi connectivity index (χ0v) is 14.7. The highest BCUT2D eigenvalue weighted by Crippen LogP contribution is 2.21. The summed E-state index contributed by atoms with van der Waals surface area (Å²) in [6.07, 6.45) is 0.545. The molecule has 27 heavy (non-hydrogen) atoms. The van der Waals surface area contributed by atoms with Crippen molar-refractivity contribution in [1.29, 1.82) is 0 Å². The van der Waals surface area contributed by atoms with Crippen LogP contribution in [0.4, 0.5) is 5.69 Å². The van der Waals surface area contributed by atoms with E-state index in [2.05, 4.69) is 10.3 Å². The number of likely N-dealkylation sites (tertiary alicyclic amines) is 1. The first-order chi connectivity index (χ1) is 13.0. The number of nitrogens with zero attached hydrogens (tertiary/aromatic N) is 2. The molecule has 136 valence electrons. The molecule has 0 radical (unpaired) electrons. The SMILES string of the molecule is Cc1nc2cc(NC(=O)c3ccc(CN4C(=O)CCC4=O)cc3)ccc2o1. The van der Waals surface area contributed by atoms with Gasteiger partial charge in [-0.25, -0.2) is 4.98 Å². The van der Waals surface area contributed by atoms with Gasteiger partial charge in [0.1, 0.15) is 5.52 Å². The maximum absolute atomic E-state index is 12.4. The van der Waals surface area contributed by atoms with E-state index in [1.807, 2.05) is 0 Å². The Morgan fingerprint density at radius 1 is 1.11 bits per heavy atom. The monoisotopic (exact) mass is 363 g/mol. The maximum Gasteiger partial charge on any atom is 0.255 e. The van der Waals surface area contributed by atoms with Gasteiger partial charge in [0.05, 0.1) is 6.54 Å². The van der Waals surface area contributed by atoms with Crippen molar-refractivity contribution in [2.75, 3.05) is 5.32 Å².